The van der Waals surface area contributed by atoms with E-state index >= 15 is 0 Å². The van der Waals surface area contributed by atoms with E-state index < -0.39 is 0 Å². The van der Waals surface area contributed by atoms with Gasteiger partial charge in [-0.3, -0.25) is 0 Å². The third-order valence-electron chi connectivity index (χ3n) is 6.76. The van der Waals surface area contributed by atoms with Crippen molar-refractivity contribution in [2.75, 3.05) is 13.2 Å². The molecule has 0 unspecified atom stereocenters. The van der Waals surface area contributed by atoms with Gasteiger partial charge in [0.2, 0.25) is 11.8 Å². The standard InChI is InChI=1S/C37H37NO4.C2H6/c1-5-13-30(14-6-1)27-39-25-11-4-12-26-40-34-21-19-33(20-22-34)35-23-24-36(41-28-31-15-7-2-8-16-31)38-37(35)42-29-32-17-9-3-10-18-32;1-2/h1-3,5-10,13-24H,4,11-12,25-29H2;1-2H3. The lowest BCUT2D eigenvalue weighted by Crippen LogP contribution is -2.02. The fourth-order valence-electron chi connectivity index (χ4n) is 4.46. The molecule has 5 heteroatoms. The second-order valence-corrected chi connectivity index (χ2v) is 10.0. The lowest BCUT2D eigenvalue weighted by atomic mass is 10.1. The van der Waals surface area contributed by atoms with Crippen molar-refractivity contribution in [3.63, 3.8) is 0 Å². The highest BCUT2D eigenvalue weighted by molar-refractivity contribution is 5.69. The molecule has 0 N–H and O–H groups in total. The molecule has 0 bridgehead atoms. The Kier molecular flexibility index (Phi) is 13.8. The highest BCUT2D eigenvalue weighted by Crippen LogP contribution is 2.32. The molecule has 5 nitrogen and oxygen atoms in total. The van der Waals surface area contributed by atoms with Crippen LogP contribution in [0.15, 0.2) is 127 Å². The quantitative estimate of drug-likeness (QED) is 0.107. The number of nitrogens with zero attached hydrogens (tertiary/aromatic N) is 1. The summed E-state index contributed by atoms with van der Waals surface area (Å²) in [5.41, 5.74) is 5.28. The SMILES string of the molecule is CC.c1ccc(COCCCCCOc2ccc(-c3ccc(OCc4ccccc4)nc3OCc3ccccc3)cc2)cc1. The Morgan fingerprint density at radius 2 is 1.02 bits per heavy atom. The van der Waals surface area contributed by atoms with E-state index in [1.807, 2.05) is 129 Å². The van der Waals surface area contributed by atoms with E-state index in [0.29, 0.717) is 38.2 Å². The van der Waals surface area contributed by atoms with Crippen LogP contribution in [0.5, 0.6) is 17.5 Å². The number of ether oxygens (including phenoxy) is 4. The van der Waals surface area contributed by atoms with Crippen LogP contribution < -0.4 is 14.2 Å². The summed E-state index contributed by atoms with van der Waals surface area (Å²) >= 11 is 0. The Morgan fingerprint density at radius 1 is 0.477 bits per heavy atom. The molecule has 5 rings (SSSR count). The van der Waals surface area contributed by atoms with Crippen LogP contribution in [0.4, 0.5) is 0 Å². The topological polar surface area (TPSA) is 49.8 Å². The molecule has 0 aliphatic carbocycles. The Morgan fingerprint density at radius 3 is 1.64 bits per heavy atom. The summed E-state index contributed by atoms with van der Waals surface area (Å²) in [7, 11) is 0. The molecule has 44 heavy (non-hydrogen) atoms. The van der Waals surface area contributed by atoms with Gasteiger partial charge >= 0.3 is 0 Å². The van der Waals surface area contributed by atoms with E-state index in [9.17, 15) is 0 Å². The number of unbranched alkanes of at least 4 members (excludes halogenated alkanes) is 2. The molecule has 228 valence electrons. The first-order valence-corrected chi connectivity index (χ1v) is 15.5. The lowest BCUT2D eigenvalue weighted by molar-refractivity contribution is 0.116. The van der Waals surface area contributed by atoms with Crippen LogP contribution in [-0.4, -0.2) is 18.2 Å². The number of rotatable bonds is 16. The van der Waals surface area contributed by atoms with Gasteiger partial charge < -0.3 is 18.9 Å². The molecule has 0 saturated heterocycles. The van der Waals surface area contributed by atoms with Gasteiger partial charge in [-0.2, -0.15) is 4.98 Å². The van der Waals surface area contributed by atoms with Crippen LogP contribution in [0.25, 0.3) is 11.1 Å². The summed E-state index contributed by atoms with van der Waals surface area (Å²) in [6.07, 6.45) is 3.08. The van der Waals surface area contributed by atoms with E-state index in [2.05, 4.69) is 12.1 Å². The molecule has 4 aromatic carbocycles. The Labute approximate surface area is 262 Å². The first-order valence-electron chi connectivity index (χ1n) is 15.5. The van der Waals surface area contributed by atoms with Crippen molar-refractivity contribution >= 4 is 0 Å². The van der Waals surface area contributed by atoms with Gasteiger partial charge in [0, 0.05) is 18.2 Å². The van der Waals surface area contributed by atoms with Crippen molar-refractivity contribution in [3.8, 4) is 28.6 Å². The van der Waals surface area contributed by atoms with Gasteiger partial charge in [-0.25, -0.2) is 0 Å². The van der Waals surface area contributed by atoms with Crippen molar-refractivity contribution in [2.24, 2.45) is 0 Å². The van der Waals surface area contributed by atoms with Gasteiger partial charge in [0.15, 0.2) is 0 Å². The van der Waals surface area contributed by atoms with E-state index in [1.165, 1.54) is 5.56 Å². The third kappa shape index (κ3) is 10.9. The predicted octanol–water partition coefficient (Wildman–Crippen LogP) is 9.70. The fourth-order valence-corrected chi connectivity index (χ4v) is 4.46. The van der Waals surface area contributed by atoms with Gasteiger partial charge in [-0.1, -0.05) is 117 Å². The van der Waals surface area contributed by atoms with E-state index in [1.54, 1.807) is 0 Å². The summed E-state index contributed by atoms with van der Waals surface area (Å²) in [5.74, 6) is 1.91. The van der Waals surface area contributed by atoms with Crippen molar-refractivity contribution < 1.29 is 18.9 Å². The number of hydrogen-bond acceptors (Lipinski definition) is 5. The number of benzene rings is 4. The molecule has 5 aromatic rings. The average Bonchev–Trinajstić information content (AvgIpc) is 3.10. The minimum Gasteiger partial charge on any atom is -0.494 e. The number of aromatic nitrogens is 1. The first kappa shape index (κ1) is 32.3. The highest BCUT2D eigenvalue weighted by Gasteiger charge is 2.12. The second-order valence-electron chi connectivity index (χ2n) is 10.0. The van der Waals surface area contributed by atoms with Crippen molar-refractivity contribution in [1.29, 1.82) is 0 Å². The molecule has 1 heterocycles. The Balaban J connectivity index is 0.00000216. The van der Waals surface area contributed by atoms with E-state index in [-0.39, 0.29) is 0 Å². The van der Waals surface area contributed by atoms with E-state index in [0.717, 1.165) is 53.9 Å². The molecule has 0 aliphatic rings. The maximum atomic E-state index is 6.21. The smallest absolute Gasteiger partial charge is 0.225 e. The van der Waals surface area contributed by atoms with Crippen LogP contribution in [0.2, 0.25) is 0 Å². The summed E-state index contributed by atoms with van der Waals surface area (Å²) in [5, 5.41) is 0. The highest BCUT2D eigenvalue weighted by atomic mass is 16.5. The predicted molar refractivity (Wildman–Crippen MR) is 178 cm³/mol. The van der Waals surface area contributed by atoms with Crippen LogP contribution in [0, 0.1) is 0 Å². The first-order chi connectivity index (χ1) is 21.8. The fraction of sp³-hybridized carbons (Fsp3) is 0.256. The minimum atomic E-state index is 0.418. The van der Waals surface area contributed by atoms with Crippen molar-refractivity contribution in [3.05, 3.63) is 144 Å². The average molecular weight is 590 g/mol. The van der Waals surface area contributed by atoms with Crippen molar-refractivity contribution in [1.82, 2.24) is 4.98 Å². The summed E-state index contributed by atoms with van der Waals surface area (Å²) in [6.45, 7) is 6.97. The Hall–Kier alpha value is -4.61. The molecular formula is C39H43NO4. The van der Waals surface area contributed by atoms with Gasteiger partial charge in [-0.05, 0) is 59.7 Å². The molecule has 0 radical (unpaired) electrons. The minimum absolute atomic E-state index is 0.418. The molecule has 0 fully saturated rings. The molecular weight excluding hydrogens is 546 g/mol. The maximum Gasteiger partial charge on any atom is 0.225 e. The molecule has 0 saturated carbocycles. The summed E-state index contributed by atoms with van der Waals surface area (Å²) < 4.78 is 24.0. The van der Waals surface area contributed by atoms with Gasteiger partial charge in [0.05, 0.1) is 13.2 Å². The van der Waals surface area contributed by atoms with Crippen LogP contribution in [0.3, 0.4) is 0 Å². The summed E-state index contributed by atoms with van der Waals surface area (Å²) in [4.78, 5) is 4.72. The van der Waals surface area contributed by atoms with Crippen LogP contribution >= 0.6 is 0 Å². The number of pyridine rings is 1. The maximum absolute atomic E-state index is 6.21. The monoisotopic (exact) mass is 589 g/mol. The Bertz CT molecular complexity index is 1460. The van der Waals surface area contributed by atoms with Gasteiger partial charge in [0.25, 0.3) is 0 Å². The number of hydrogen-bond donors (Lipinski definition) is 0. The van der Waals surface area contributed by atoms with Gasteiger partial charge in [0.1, 0.15) is 19.0 Å². The summed E-state index contributed by atoms with van der Waals surface area (Å²) in [6, 6.07) is 42.4. The molecule has 0 amide bonds. The third-order valence-corrected chi connectivity index (χ3v) is 6.76. The molecule has 0 atom stereocenters. The lowest BCUT2D eigenvalue weighted by Gasteiger charge is -2.14. The van der Waals surface area contributed by atoms with E-state index in [4.69, 9.17) is 23.9 Å². The normalized spacial score (nSPS) is 10.4. The zero-order valence-electron chi connectivity index (χ0n) is 25.9. The van der Waals surface area contributed by atoms with Gasteiger partial charge in [-0.15, -0.1) is 0 Å². The van der Waals surface area contributed by atoms with Crippen LogP contribution in [0.1, 0.15) is 49.8 Å². The second kappa shape index (κ2) is 18.8. The molecule has 1 aromatic heterocycles. The van der Waals surface area contributed by atoms with Crippen molar-refractivity contribution in [2.45, 2.75) is 52.9 Å². The largest absolute Gasteiger partial charge is 0.494 e. The zero-order valence-corrected chi connectivity index (χ0v) is 25.9. The molecule has 0 aliphatic heterocycles. The van der Waals surface area contributed by atoms with Crippen LogP contribution in [-0.2, 0) is 24.6 Å². The zero-order chi connectivity index (χ0) is 30.7. The molecule has 0 spiro atoms.